The highest BCUT2D eigenvalue weighted by atomic mass is 16.5. The summed E-state index contributed by atoms with van der Waals surface area (Å²) in [5.41, 5.74) is 1.00. The third kappa shape index (κ3) is 3.43. The first-order valence-corrected chi connectivity index (χ1v) is 6.47. The number of aliphatic hydroxyl groups is 1. The van der Waals surface area contributed by atoms with Gasteiger partial charge in [-0.2, -0.15) is 0 Å². The van der Waals surface area contributed by atoms with Gasteiger partial charge in [-0.05, 0) is 37.7 Å². The molecule has 1 saturated carbocycles. The molecule has 1 aromatic rings. The maximum atomic E-state index is 10.1. The first-order valence-electron chi connectivity index (χ1n) is 6.47. The van der Waals surface area contributed by atoms with Gasteiger partial charge in [0.25, 0.3) is 0 Å². The Morgan fingerprint density at radius 1 is 1.41 bits per heavy atom. The number of aryl methyl sites for hydroxylation is 1. The Morgan fingerprint density at radius 2 is 2.18 bits per heavy atom. The molecule has 3 nitrogen and oxygen atoms in total. The number of ether oxygens (including phenoxy) is 1. The summed E-state index contributed by atoms with van der Waals surface area (Å²) in [6.07, 6.45) is 6.41. The Hall–Kier alpha value is -1.09. The molecule has 3 heteroatoms. The molecule has 0 saturated heterocycles. The van der Waals surface area contributed by atoms with Crippen molar-refractivity contribution in [3.63, 3.8) is 0 Å². The van der Waals surface area contributed by atoms with Crippen LogP contribution in [0.2, 0.25) is 0 Å². The number of pyridine rings is 1. The molecular weight excluding hydrogens is 214 g/mol. The van der Waals surface area contributed by atoms with E-state index < -0.39 is 0 Å². The van der Waals surface area contributed by atoms with Gasteiger partial charge in [0, 0.05) is 11.8 Å². The summed E-state index contributed by atoms with van der Waals surface area (Å²) in [4.78, 5) is 4.36. The summed E-state index contributed by atoms with van der Waals surface area (Å²) in [6.45, 7) is 0. The lowest BCUT2D eigenvalue weighted by Crippen LogP contribution is -2.18. The van der Waals surface area contributed by atoms with Crippen LogP contribution in [0.3, 0.4) is 0 Å². The molecule has 1 aromatic heterocycles. The van der Waals surface area contributed by atoms with Crippen molar-refractivity contribution in [3.8, 4) is 5.88 Å². The van der Waals surface area contributed by atoms with Crippen molar-refractivity contribution in [1.29, 1.82) is 0 Å². The lowest BCUT2D eigenvalue weighted by Gasteiger charge is -2.17. The molecule has 94 valence electrons. The Bertz CT molecular complexity index is 348. The predicted molar refractivity (Wildman–Crippen MR) is 67.1 cm³/mol. The van der Waals surface area contributed by atoms with E-state index in [9.17, 15) is 5.11 Å². The summed E-state index contributed by atoms with van der Waals surface area (Å²) >= 11 is 0. The normalized spacial score (nSPS) is 18.2. The molecule has 1 aliphatic rings. The lowest BCUT2D eigenvalue weighted by atomic mass is 9.96. The molecule has 1 N–H and O–H groups in total. The molecule has 0 aliphatic heterocycles. The summed E-state index contributed by atoms with van der Waals surface area (Å²) in [7, 11) is 1.62. The minimum atomic E-state index is -0.162. The highest BCUT2D eigenvalue weighted by Crippen LogP contribution is 2.29. The molecule has 1 fully saturated rings. The van der Waals surface area contributed by atoms with E-state index in [1.54, 1.807) is 7.11 Å². The maximum Gasteiger partial charge on any atom is 0.213 e. The fourth-order valence-corrected chi connectivity index (χ4v) is 2.58. The lowest BCUT2D eigenvalue weighted by molar-refractivity contribution is 0.102. The second kappa shape index (κ2) is 6.01. The average Bonchev–Trinajstić information content (AvgIpc) is 2.90. The van der Waals surface area contributed by atoms with Crippen LogP contribution >= 0.6 is 0 Å². The van der Waals surface area contributed by atoms with Crippen LogP contribution in [0.1, 0.15) is 37.8 Å². The number of aromatic nitrogens is 1. The molecule has 17 heavy (non-hydrogen) atoms. The minimum absolute atomic E-state index is 0.162. The van der Waals surface area contributed by atoms with Crippen LogP contribution in [0.15, 0.2) is 18.2 Å². The van der Waals surface area contributed by atoms with E-state index in [1.165, 1.54) is 25.7 Å². The van der Waals surface area contributed by atoms with E-state index in [0.29, 0.717) is 11.8 Å². The van der Waals surface area contributed by atoms with Gasteiger partial charge in [-0.15, -0.1) is 0 Å². The first-order chi connectivity index (χ1) is 8.29. The van der Waals surface area contributed by atoms with Gasteiger partial charge in [-0.1, -0.05) is 18.9 Å². The number of aliphatic hydroxyl groups excluding tert-OH is 1. The van der Waals surface area contributed by atoms with Crippen molar-refractivity contribution in [2.75, 3.05) is 7.11 Å². The number of rotatable bonds is 5. The van der Waals surface area contributed by atoms with Crippen LogP contribution in [0, 0.1) is 5.92 Å². The van der Waals surface area contributed by atoms with Crippen LogP contribution in [0.4, 0.5) is 0 Å². The van der Waals surface area contributed by atoms with Gasteiger partial charge in [0.1, 0.15) is 0 Å². The van der Waals surface area contributed by atoms with Crippen LogP contribution in [0.5, 0.6) is 5.88 Å². The van der Waals surface area contributed by atoms with Gasteiger partial charge in [-0.25, -0.2) is 4.98 Å². The number of hydrogen-bond donors (Lipinski definition) is 1. The van der Waals surface area contributed by atoms with Crippen molar-refractivity contribution < 1.29 is 9.84 Å². The Kier molecular flexibility index (Phi) is 4.37. The molecule has 0 spiro atoms. The van der Waals surface area contributed by atoms with Crippen LogP contribution < -0.4 is 4.74 Å². The van der Waals surface area contributed by atoms with Crippen LogP contribution in [-0.4, -0.2) is 23.3 Å². The first kappa shape index (κ1) is 12.4. The Morgan fingerprint density at radius 3 is 2.88 bits per heavy atom. The summed E-state index contributed by atoms with van der Waals surface area (Å²) in [5, 5.41) is 10.1. The van der Waals surface area contributed by atoms with Crippen molar-refractivity contribution in [2.24, 2.45) is 5.92 Å². The maximum absolute atomic E-state index is 10.1. The van der Waals surface area contributed by atoms with Crippen molar-refractivity contribution in [3.05, 3.63) is 23.9 Å². The van der Waals surface area contributed by atoms with E-state index in [4.69, 9.17) is 4.74 Å². The zero-order valence-corrected chi connectivity index (χ0v) is 10.4. The van der Waals surface area contributed by atoms with E-state index in [0.717, 1.165) is 18.5 Å². The average molecular weight is 235 g/mol. The smallest absolute Gasteiger partial charge is 0.213 e. The predicted octanol–water partition coefficient (Wildman–Crippen LogP) is 2.57. The Labute approximate surface area is 103 Å². The SMILES string of the molecule is COc1cccc(CCC(O)C2CCCC2)n1. The minimum Gasteiger partial charge on any atom is -0.481 e. The van der Waals surface area contributed by atoms with Gasteiger partial charge in [0.15, 0.2) is 0 Å². The van der Waals surface area contributed by atoms with E-state index >= 15 is 0 Å². The van der Waals surface area contributed by atoms with Crippen molar-refractivity contribution >= 4 is 0 Å². The fourth-order valence-electron chi connectivity index (χ4n) is 2.58. The van der Waals surface area contributed by atoms with Crippen LogP contribution in [-0.2, 0) is 6.42 Å². The molecule has 0 radical (unpaired) electrons. The third-order valence-corrected chi connectivity index (χ3v) is 3.63. The van der Waals surface area contributed by atoms with Crippen LogP contribution in [0.25, 0.3) is 0 Å². The van der Waals surface area contributed by atoms with Gasteiger partial charge >= 0.3 is 0 Å². The zero-order chi connectivity index (χ0) is 12.1. The van der Waals surface area contributed by atoms with E-state index in [-0.39, 0.29) is 6.10 Å². The molecule has 1 atom stereocenters. The van der Waals surface area contributed by atoms with Gasteiger partial charge in [0.05, 0.1) is 13.2 Å². The molecule has 1 heterocycles. The van der Waals surface area contributed by atoms with Crippen molar-refractivity contribution in [1.82, 2.24) is 4.98 Å². The highest BCUT2D eigenvalue weighted by molar-refractivity contribution is 5.15. The monoisotopic (exact) mass is 235 g/mol. The number of hydrogen-bond acceptors (Lipinski definition) is 3. The largest absolute Gasteiger partial charge is 0.481 e. The number of methoxy groups -OCH3 is 1. The van der Waals surface area contributed by atoms with Crippen molar-refractivity contribution in [2.45, 2.75) is 44.6 Å². The van der Waals surface area contributed by atoms with Gasteiger partial charge < -0.3 is 9.84 Å². The molecule has 1 unspecified atom stereocenters. The standard InChI is InChI=1S/C14H21NO2/c1-17-14-8-4-7-12(15-14)9-10-13(16)11-5-2-3-6-11/h4,7-8,11,13,16H,2-3,5-6,9-10H2,1H3. The fraction of sp³-hybridized carbons (Fsp3) is 0.643. The second-order valence-electron chi connectivity index (χ2n) is 4.82. The third-order valence-electron chi connectivity index (χ3n) is 3.63. The van der Waals surface area contributed by atoms with E-state index in [2.05, 4.69) is 4.98 Å². The van der Waals surface area contributed by atoms with Gasteiger partial charge in [-0.3, -0.25) is 0 Å². The number of nitrogens with zero attached hydrogens (tertiary/aromatic N) is 1. The molecule has 1 aliphatic carbocycles. The second-order valence-corrected chi connectivity index (χ2v) is 4.82. The zero-order valence-electron chi connectivity index (χ0n) is 10.4. The molecule has 0 aromatic carbocycles. The molecule has 0 amide bonds. The summed E-state index contributed by atoms with van der Waals surface area (Å²) < 4.78 is 5.09. The molecular formula is C14H21NO2. The highest BCUT2D eigenvalue weighted by Gasteiger charge is 2.22. The summed E-state index contributed by atoms with van der Waals surface area (Å²) in [6, 6.07) is 5.78. The summed E-state index contributed by atoms with van der Waals surface area (Å²) in [5.74, 6) is 1.17. The topological polar surface area (TPSA) is 42.4 Å². The quantitative estimate of drug-likeness (QED) is 0.853. The molecule has 2 rings (SSSR count). The molecule has 0 bridgehead atoms. The Balaban J connectivity index is 1.83. The van der Waals surface area contributed by atoms with E-state index in [1.807, 2.05) is 18.2 Å². The van der Waals surface area contributed by atoms with Gasteiger partial charge in [0.2, 0.25) is 5.88 Å².